The maximum absolute atomic E-state index is 12.5. The Hall–Kier alpha value is -1.43. The maximum Gasteiger partial charge on any atom is 0.306 e. The van der Waals surface area contributed by atoms with Crippen molar-refractivity contribution in [3.8, 4) is 0 Å². The normalized spacial score (nSPS) is 57.5. The average molecular weight is 402 g/mol. The lowest BCUT2D eigenvalue weighted by Crippen LogP contribution is -2.65. The fourth-order valence-electron chi connectivity index (χ4n) is 9.05. The first kappa shape index (κ1) is 18.3. The Labute approximate surface area is 170 Å². The van der Waals surface area contributed by atoms with Crippen molar-refractivity contribution in [2.45, 2.75) is 88.9 Å². The quantitative estimate of drug-likeness (QED) is 0.535. The van der Waals surface area contributed by atoms with Crippen molar-refractivity contribution in [3.05, 3.63) is 0 Å². The molecule has 0 amide bonds. The van der Waals surface area contributed by atoms with Crippen molar-refractivity contribution in [2.75, 3.05) is 0 Å². The molecule has 0 aromatic carbocycles. The van der Waals surface area contributed by atoms with Crippen LogP contribution >= 0.6 is 0 Å². The Morgan fingerprint density at radius 2 is 1.90 bits per heavy atom. The molecule has 6 rings (SSSR count). The van der Waals surface area contributed by atoms with E-state index in [4.69, 9.17) is 9.47 Å². The second-order valence-corrected chi connectivity index (χ2v) is 11.2. The third-order valence-electron chi connectivity index (χ3n) is 10.5. The van der Waals surface area contributed by atoms with Crippen molar-refractivity contribution < 1.29 is 29.0 Å². The van der Waals surface area contributed by atoms with Crippen molar-refractivity contribution in [1.29, 1.82) is 0 Å². The summed E-state index contributed by atoms with van der Waals surface area (Å²) in [4.78, 5) is 36.7. The first-order chi connectivity index (χ1) is 13.7. The molecule has 6 fully saturated rings. The molecule has 4 aliphatic carbocycles. The third-order valence-corrected chi connectivity index (χ3v) is 10.5. The molecule has 2 aliphatic heterocycles. The minimum Gasteiger partial charge on any atom is -0.481 e. The van der Waals surface area contributed by atoms with E-state index in [1.54, 1.807) is 0 Å². The van der Waals surface area contributed by atoms with Gasteiger partial charge in [-0.1, -0.05) is 13.8 Å². The number of Topliss-reactive ketones (excluding diaryl/α,β-unsaturated/α-hetero) is 1. The smallest absolute Gasteiger partial charge is 0.306 e. The zero-order valence-electron chi connectivity index (χ0n) is 17.2. The highest BCUT2D eigenvalue weighted by Gasteiger charge is 2.84. The number of esters is 1. The van der Waals surface area contributed by atoms with Crippen LogP contribution in [0.5, 0.6) is 0 Å². The van der Waals surface area contributed by atoms with Crippen molar-refractivity contribution in [1.82, 2.24) is 0 Å². The second kappa shape index (κ2) is 5.24. The van der Waals surface area contributed by atoms with Gasteiger partial charge in [-0.15, -0.1) is 0 Å². The first-order valence-corrected chi connectivity index (χ1v) is 11.3. The fraction of sp³-hybridized carbons (Fsp3) is 0.870. The number of carboxylic acid groups (broad SMARTS) is 1. The standard InChI is InChI=1S/C23H30O6/c1-20-6-3-13(24)9-12(20)10-14(19(26)27)18-15-4-7-22(8-5-17(25)29-22)21(15,2)11-16-23(18,20)28-16/h12,14-16,18H,3-11H2,1-2H3,(H,26,27)/t12?,14-,15?,16-,18?,20?,21?,22-,23-/m1/s1. The summed E-state index contributed by atoms with van der Waals surface area (Å²) in [5, 5.41) is 10.2. The van der Waals surface area contributed by atoms with Gasteiger partial charge in [0.05, 0.1) is 12.0 Å². The number of fused-ring (bicyclic) bond motifs is 4. The molecule has 2 spiro atoms. The molecular formula is C23H30O6. The number of ketones is 1. The Balaban J connectivity index is 1.46. The molecule has 158 valence electrons. The molecule has 6 heteroatoms. The van der Waals surface area contributed by atoms with E-state index in [2.05, 4.69) is 13.8 Å². The van der Waals surface area contributed by atoms with E-state index >= 15 is 0 Å². The topological polar surface area (TPSA) is 93.2 Å². The number of carbonyl (C=O) groups excluding carboxylic acids is 2. The number of rotatable bonds is 1. The Bertz CT molecular complexity index is 837. The molecule has 6 aliphatic rings. The molecule has 4 saturated carbocycles. The molecule has 5 unspecified atom stereocenters. The molecule has 2 saturated heterocycles. The summed E-state index contributed by atoms with van der Waals surface area (Å²) in [5.41, 5.74) is -1.23. The van der Waals surface area contributed by atoms with Gasteiger partial charge in [-0.05, 0) is 50.4 Å². The van der Waals surface area contributed by atoms with Crippen LogP contribution in [0.2, 0.25) is 0 Å². The molecule has 0 radical (unpaired) electrons. The molecule has 9 atom stereocenters. The van der Waals surface area contributed by atoms with Gasteiger partial charge in [-0.2, -0.15) is 0 Å². The highest BCUT2D eigenvalue weighted by atomic mass is 16.6. The van der Waals surface area contributed by atoms with E-state index in [1.807, 2.05) is 0 Å². The van der Waals surface area contributed by atoms with E-state index in [9.17, 15) is 19.5 Å². The molecule has 0 bridgehead atoms. The number of aliphatic carboxylic acids is 1. The van der Waals surface area contributed by atoms with Gasteiger partial charge in [-0.25, -0.2) is 0 Å². The number of hydrogen-bond donors (Lipinski definition) is 1. The lowest BCUT2D eigenvalue weighted by Gasteiger charge is -2.60. The van der Waals surface area contributed by atoms with E-state index in [1.165, 1.54) is 0 Å². The average Bonchev–Trinajstić information content (AvgIpc) is 3.14. The summed E-state index contributed by atoms with van der Waals surface area (Å²) < 4.78 is 12.6. The predicted molar refractivity (Wildman–Crippen MR) is 101 cm³/mol. The van der Waals surface area contributed by atoms with Gasteiger partial charge in [-0.3, -0.25) is 14.4 Å². The summed E-state index contributed by atoms with van der Waals surface area (Å²) in [6, 6.07) is 0. The van der Waals surface area contributed by atoms with E-state index in [0.717, 1.165) is 32.1 Å². The van der Waals surface area contributed by atoms with Gasteiger partial charge in [0, 0.05) is 36.0 Å². The van der Waals surface area contributed by atoms with Crippen LogP contribution in [0.1, 0.15) is 71.6 Å². The van der Waals surface area contributed by atoms with Crippen molar-refractivity contribution >= 4 is 17.7 Å². The summed E-state index contributed by atoms with van der Waals surface area (Å²) in [7, 11) is 0. The summed E-state index contributed by atoms with van der Waals surface area (Å²) in [6.07, 6.45) is 6.26. The van der Waals surface area contributed by atoms with Crippen LogP contribution in [-0.4, -0.2) is 40.1 Å². The molecule has 2 heterocycles. The first-order valence-electron chi connectivity index (χ1n) is 11.3. The van der Waals surface area contributed by atoms with Crippen LogP contribution in [0.15, 0.2) is 0 Å². The number of epoxide rings is 1. The summed E-state index contributed by atoms with van der Waals surface area (Å²) in [5.74, 6) is -0.868. The number of carbonyl (C=O) groups is 3. The lowest BCUT2D eigenvalue weighted by molar-refractivity contribution is -0.182. The van der Waals surface area contributed by atoms with Crippen molar-refractivity contribution in [3.63, 3.8) is 0 Å². The van der Waals surface area contributed by atoms with Crippen LogP contribution < -0.4 is 0 Å². The molecule has 1 N–H and O–H groups in total. The zero-order chi connectivity index (χ0) is 20.4. The van der Waals surface area contributed by atoms with Gasteiger partial charge in [0.15, 0.2) is 0 Å². The highest BCUT2D eigenvalue weighted by molar-refractivity contribution is 5.80. The van der Waals surface area contributed by atoms with Gasteiger partial charge < -0.3 is 14.6 Å². The monoisotopic (exact) mass is 402 g/mol. The van der Waals surface area contributed by atoms with Crippen LogP contribution in [0, 0.1) is 34.5 Å². The fourth-order valence-corrected chi connectivity index (χ4v) is 9.05. The van der Waals surface area contributed by atoms with Gasteiger partial charge in [0.25, 0.3) is 0 Å². The van der Waals surface area contributed by atoms with E-state index in [0.29, 0.717) is 25.7 Å². The molecule has 29 heavy (non-hydrogen) atoms. The van der Waals surface area contributed by atoms with Gasteiger partial charge in [0.2, 0.25) is 0 Å². The van der Waals surface area contributed by atoms with Gasteiger partial charge >= 0.3 is 11.9 Å². The lowest BCUT2D eigenvalue weighted by atomic mass is 9.42. The minimum absolute atomic E-state index is 0.0193. The Morgan fingerprint density at radius 3 is 2.59 bits per heavy atom. The molecule has 0 aromatic heterocycles. The number of ether oxygens (including phenoxy) is 2. The SMILES string of the molecule is CC12C[C@H]3O[C@@]34C(C1CC[C@@]21CCC(=O)O1)[C@H](C(=O)O)CC1CC(=O)CCC14C. The highest BCUT2D eigenvalue weighted by Crippen LogP contribution is 2.78. The van der Waals surface area contributed by atoms with Crippen LogP contribution in [0.25, 0.3) is 0 Å². The molecule has 6 nitrogen and oxygen atoms in total. The Morgan fingerprint density at radius 1 is 1.10 bits per heavy atom. The largest absolute Gasteiger partial charge is 0.481 e. The zero-order valence-corrected chi connectivity index (χ0v) is 17.2. The minimum atomic E-state index is -0.752. The predicted octanol–water partition coefficient (Wildman–Crippen LogP) is 3.12. The summed E-state index contributed by atoms with van der Waals surface area (Å²) in [6.45, 7) is 4.49. The van der Waals surface area contributed by atoms with Crippen LogP contribution in [-0.2, 0) is 23.9 Å². The van der Waals surface area contributed by atoms with Crippen LogP contribution in [0.4, 0.5) is 0 Å². The number of carboxylic acids is 1. The van der Waals surface area contributed by atoms with Gasteiger partial charge in [0.1, 0.15) is 17.0 Å². The van der Waals surface area contributed by atoms with E-state index < -0.39 is 23.1 Å². The van der Waals surface area contributed by atoms with Crippen LogP contribution in [0.3, 0.4) is 0 Å². The molecule has 0 aromatic rings. The maximum atomic E-state index is 12.5. The summed E-state index contributed by atoms with van der Waals surface area (Å²) >= 11 is 0. The van der Waals surface area contributed by atoms with E-state index in [-0.39, 0.29) is 46.4 Å². The molecular weight excluding hydrogens is 372 g/mol. The Kier molecular flexibility index (Phi) is 3.32. The second-order valence-electron chi connectivity index (χ2n) is 11.2. The third kappa shape index (κ3) is 1.91. The van der Waals surface area contributed by atoms with Crippen molar-refractivity contribution in [2.24, 2.45) is 34.5 Å². The number of hydrogen-bond acceptors (Lipinski definition) is 5.